The SMILES string of the molecule is CN(Cc1nc2ccc(F)cc2c(=O)n1-c1cccnc1Cl)c1cccc(N2CCCC2)c1. The molecule has 1 fully saturated rings. The van der Waals surface area contributed by atoms with Gasteiger partial charge < -0.3 is 9.80 Å². The van der Waals surface area contributed by atoms with Crippen molar-refractivity contribution in [3.05, 3.63) is 87.9 Å². The molecule has 0 radical (unpaired) electrons. The van der Waals surface area contributed by atoms with E-state index in [4.69, 9.17) is 16.6 Å². The van der Waals surface area contributed by atoms with Gasteiger partial charge in [0.1, 0.15) is 11.6 Å². The molecule has 2 aromatic heterocycles. The monoisotopic (exact) mass is 463 g/mol. The zero-order valence-corrected chi connectivity index (χ0v) is 19.0. The Labute approximate surface area is 195 Å². The van der Waals surface area contributed by atoms with E-state index in [1.54, 1.807) is 18.3 Å². The molecular formula is C25H23ClFN5O. The number of rotatable bonds is 5. The molecule has 1 aliphatic heterocycles. The quantitative estimate of drug-likeness (QED) is 0.397. The van der Waals surface area contributed by atoms with Gasteiger partial charge >= 0.3 is 0 Å². The van der Waals surface area contributed by atoms with Crippen LogP contribution in [0, 0.1) is 5.82 Å². The van der Waals surface area contributed by atoms with Crippen molar-refractivity contribution in [2.75, 3.05) is 29.9 Å². The third kappa shape index (κ3) is 4.16. The molecule has 0 saturated carbocycles. The number of benzene rings is 2. The molecule has 2 aromatic carbocycles. The van der Waals surface area contributed by atoms with E-state index in [0.717, 1.165) is 18.8 Å². The van der Waals surface area contributed by atoms with Gasteiger partial charge in [-0.05, 0) is 61.4 Å². The molecular weight excluding hydrogens is 441 g/mol. The van der Waals surface area contributed by atoms with E-state index in [1.807, 2.05) is 24.1 Å². The molecule has 168 valence electrons. The summed E-state index contributed by atoms with van der Waals surface area (Å²) < 4.78 is 15.3. The predicted molar refractivity (Wildman–Crippen MR) is 130 cm³/mol. The van der Waals surface area contributed by atoms with Gasteiger partial charge in [0.05, 0.1) is 23.1 Å². The molecule has 8 heteroatoms. The van der Waals surface area contributed by atoms with Gasteiger partial charge in [-0.15, -0.1) is 0 Å². The Bertz CT molecular complexity index is 1380. The highest BCUT2D eigenvalue weighted by molar-refractivity contribution is 6.31. The van der Waals surface area contributed by atoms with E-state index in [2.05, 4.69) is 22.0 Å². The van der Waals surface area contributed by atoms with Crippen LogP contribution in [0.1, 0.15) is 18.7 Å². The summed E-state index contributed by atoms with van der Waals surface area (Å²) in [6.45, 7) is 2.47. The fraction of sp³-hybridized carbons (Fsp3) is 0.240. The summed E-state index contributed by atoms with van der Waals surface area (Å²) in [5.74, 6) is -0.00286. The largest absolute Gasteiger partial charge is 0.371 e. The lowest BCUT2D eigenvalue weighted by atomic mass is 10.2. The lowest BCUT2D eigenvalue weighted by Crippen LogP contribution is -2.29. The number of fused-ring (bicyclic) bond motifs is 1. The van der Waals surface area contributed by atoms with E-state index in [9.17, 15) is 9.18 Å². The molecule has 33 heavy (non-hydrogen) atoms. The maximum Gasteiger partial charge on any atom is 0.266 e. The Kier molecular flexibility index (Phi) is 5.72. The summed E-state index contributed by atoms with van der Waals surface area (Å²) in [4.78, 5) is 26.7. The number of hydrogen-bond acceptors (Lipinski definition) is 5. The summed E-state index contributed by atoms with van der Waals surface area (Å²) >= 11 is 6.34. The van der Waals surface area contributed by atoms with Gasteiger partial charge in [-0.25, -0.2) is 14.4 Å². The minimum absolute atomic E-state index is 0.178. The molecule has 0 amide bonds. The van der Waals surface area contributed by atoms with Crippen LogP contribution in [-0.4, -0.2) is 34.7 Å². The maximum atomic E-state index is 13.9. The third-order valence-electron chi connectivity index (χ3n) is 6.00. The van der Waals surface area contributed by atoms with Gasteiger partial charge in [0.2, 0.25) is 0 Å². The number of pyridine rings is 1. The summed E-state index contributed by atoms with van der Waals surface area (Å²) in [6.07, 6.45) is 3.97. The minimum atomic E-state index is -0.492. The van der Waals surface area contributed by atoms with Gasteiger partial charge in [-0.1, -0.05) is 17.7 Å². The first kappa shape index (κ1) is 21.4. The number of hydrogen-bond donors (Lipinski definition) is 0. The fourth-order valence-electron chi connectivity index (χ4n) is 4.31. The van der Waals surface area contributed by atoms with E-state index < -0.39 is 5.82 Å². The van der Waals surface area contributed by atoms with Crippen molar-refractivity contribution < 1.29 is 4.39 Å². The summed E-state index contributed by atoms with van der Waals surface area (Å²) in [7, 11) is 1.96. The second kappa shape index (κ2) is 8.83. The molecule has 0 bridgehead atoms. The first-order valence-corrected chi connectivity index (χ1v) is 11.3. The zero-order chi connectivity index (χ0) is 22.9. The highest BCUT2D eigenvalue weighted by atomic mass is 35.5. The van der Waals surface area contributed by atoms with Crippen molar-refractivity contribution in [1.29, 1.82) is 0 Å². The fourth-order valence-corrected chi connectivity index (χ4v) is 4.51. The second-order valence-corrected chi connectivity index (χ2v) is 8.57. The standard InChI is InChI=1S/C25H23ClFN5O/c1-30(18-6-4-7-19(15-18)31-12-2-3-13-31)16-23-29-21-10-9-17(27)14-20(21)25(33)32(23)22-8-5-11-28-24(22)26/h4-11,14-15H,2-3,12-13,16H2,1H3. The highest BCUT2D eigenvalue weighted by Gasteiger charge is 2.18. The number of anilines is 2. The normalized spacial score (nSPS) is 13.6. The lowest BCUT2D eigenvalue weighted by Gasteiger charge is -2.24. The Morgan fingerprint density at radius 1 is 1.09 bits per heavy atom. The van der Waals surface area contributed by atoms with Crippen molar-refractivity contribution in [3.63, 3.8) is 0 Å². The molecule has 0 spiro atoms. The van der Waals surface area contributed by atoms with Crippen molar-refractivity contribution in [2.24, 2.45) is 0 Å². The summed E-state index contributed by atoms with van der Waals surface area (Å²) in [5.41, 5.74) is 2.66. The Balaban J connectivity index is 1.60. The molecule has 1 saturated heterocycles. The van der Waals surface area contributed by atoms with Crippen molar-refractivity contribution >= 4 is 33.9 Å². The predicted octanol–water partition coefficient (Wildman–Crippen LogP) is 4.81. The molecule has 0 N–H and O–H groups in total. The Morgan fingerprint density at radius 2 is 1.91 bits per heavy atom. The van der Waals surface area contributed by atoms with E-state index in [1.165, 1.54) is 41.3 Å². The van der Waals surface area contributed by atoms with Crippen LogP contribution >= 0.6 is 11.6 Å². The molecule has 6 nitrogen and oxygen atoms in total. The molecule has 0 unspecified atom stereocenters. The van der Waals surface area contributed by atoms with Crippen LogP contribution in [0.15, 0.2) is 65.6 Å². The van der Waals surface area contributed by atoms with Crippen LogP contribution in [-0.2, 0) is 6.54 Å². The Morgan fingerprint density at radius 3 is 2.70 bits per heavy atom. The topological polar surface area (TPSA) is 54.3 Å². The van der Waals surface area contributed by atoms with Gasteiger partial charge in [0, 0.05) is 37.7 Å². The second-order valence-electron chi connectivity index (χ2n) is 8.21. The molecule has 0 atom stereocenters. The average molecular weight is 464 g/mol. The van der Waals surface area contributed by atoms with Crippen molar-refractivity contribution in [3.8, 4) is 5.69 Å². The van der Waals surface area contributed by atoms with Gasteiger partial charge in [-0.3, -0.25) is 9.36 Å². The van der Waals surface area contributed by atoms with Crippen LogP contribution in [0.4, 0.5) is 15.8 Å². The van der Waals surface area contributed by atoms with Crippen LogP contribution in [0.5, 0.6) is 0 Å². The molecule has 5 rings (SSSR count). The maximum absolute atomic E-state index is 13.9. The average Bonchev–Trinajstić information content (AvgIpc) is 3.36. The van der Waals surface area contributed by atoms with Gasteiger partial charge in [0.25, 0.3) is 5.56 Å². The summed E-state index contributed by atoms with van der Waals surface area (Å²) in [5, 5.41) is 0.370. The van der Waals surface area contributed by atoms with Crippen LogP contribution < -0.4 is 15.4 Å². The number of nitrogens with zero attached hydrogens (tertiary/aromatic N) is 5. The molecule has 4 aromatic rings. The zero-order valence-electron chi connectivity index (χ0n) is 18.2. The molecule has 3 heterocycles. The van der Waals surface area contributed by atoms with E-state index >= 15 is 0 Å². The van der Waals surface area contributed by atoms with Crippen molar-refractivity contribution in [1.82, 2.24) is 14.5 Å². The smallest absolute Gasteiger partial charge is 0.266 e. The van der Waals surface area contributed by atoms with E-state index in [0.29, 0.717) is 23.6 Å². The van der Waals surface area contributed by atoms with Gasteiger partial charge in [0.15, 0.2) is 5.15 Å². The van der Waals surface area contributed by atoms with E-state index in [-0.39, 0.29) is 16.1 Å². The lowest BCUT2D eigenvalue weighted by molar-refractivity contribution is 0.629. The number of aromatic nitrogens is 3. The molecule has 0 aliphatic carbocycles. The first-order chi connectivity index (χ1) is 16.0. The minimum Gasteiger partial charge on any atom is -0.371 e. The van der Waals surface area contributed by atoms with Crippen LogP contribution in [0.25, 0.3) is 16.6 Å². The van der Waals surface area contributed by atoms with Crippen LogP contribution in [0.2, 0.25) is 5.15 Å². The Hall–Kier alpha value is -3.45. The highest BCUT2D eigenvalue weighted by Crippen LogP contribution is 2.26. The van der Waals surface area contributed by atoms with Gasteiger partial charge in [-0.2, -0.15) is 0 Å². The third-order valence-corrected chi connectivity index (χ3v) is 6.29. The summed E-state index contributed by atoms with van der Waals surface area (Å²) in [6, 6.07) is 15.8. The first-order valence-electron chi connectivity index (χ1n) is 10.9. The van der Waals surface area contributed by atoms with Crippen molar-refractivity contribution in [2.45, 2.75) is 19.4 Å². The number of halogens is 2. The van der Waals surface area contributed by atoms with Crippen LogP contribution in [0.3, 0.4) is 0 Å². The molecule has 1 aliphatic rings.